The maximum Gasteiger partial charge on any atom is 0.0249 e. The van der Waals surface area contributed by atoms with Crippen LogP contribution in [0.5, 0.6) is 0 Å². The van der Waals surface area contributed by atoms with E-state index in [2.05, 4.69) is 64.3 Å². The van der Waals surface area contributed by atoms with E-state index >= 15 is 0 Å². The molecule has 1 N–H and O–H groups in total. The molecular weight excluding hydrogens is 312 g/mol. The minimum absolute atomic E-state index is 0.650. The highest BCUT2D eigenvalue weighted by molar-refractivity contribution is 9.10. The molecule has 0 bridgehead atoms. The summed E-state index contributed by atoms with van der Waals surface area (Å²) in [7, 11) is 0. The first kappa shape index (κ1) is 14.6. The molecule has 20 heavy (non-hydrogen) atoms. The van der Waals surface area contributed by atoms with Crippen LogP contribution in [0.25, 0.3) is 0 Å². The van der Waals surface area contributed by atoms with Gasteiger partial charge in [-0.05, 0) is 36.3 Å². The summed E-state index contributed by atoms with van der Waals surface area (Å²) in [5, 5.41) is 3.79. The van der Waals surface area contributed by atoms with Crippen LogP contribution in [-0.4, -0.2) is 30.1 Å². The fraction of sp³-hybridized carbons (Fsp3) is 0.647. The number of halogens is 1. The van der Waals surface area contributed by atoms with Crippen molar-refractivity contribution in [2.45, 2.75) is 45.3 Å². The van der Waals surface area contributed by atoms with Gasteiger partial charge in [0.05, 0.1) is 0 Å². The molecule has 2 fully saturated rings. The van der Waals surface area contributed by atoms with Gasteiger partial charge in [-0.3, -0.25) is 4.90 Å². The quantitative estimate of drug-likeness (QED) is 0.902. The van der Waals surface area contributed by atoms with Gasteiger partial charge in [-0.2, -0.15) is 0 Å². The molecule has 0 amide bonds. The van der Waals surface area contributed by atoms with E-state index in [1.165, 1.54) is 29.4 Å². The minimum atomic E-state index is 0.650. The molecule has 1 heterocycles. The van der Waals surface area contributed by atoms with Crippen molar-refractivity contribution in [2.24, 2.45) is 11.8 Å². The zero-order valence-corrected chi connectivity index (χ0v) is 14.1. The fourth-order valence-electron chi connectivity index (χ4n) is 3.35. The van der Waals surface area contributed by atoms with E-state index in [0.717, 1.165) is 19.0 Å². The molecule has 2 aliphatic rings. The number of benzene rings is 1. The predicted octanol–water partition coefficient (Wildman–Crippen LogP) is 3.66. The smallest absolute Gasteiger partial charge is 0.0249 e. The Kier molecular flexibility index (Phi) is 4.49. The van der Waals surface area contributed by atoms with Crippen LogP contribution in [0.4, 0.5) is 0 Å². The van der Waals surface area contributed by atoms with E-state index in [4.69, 9.17) is 0 Å². The molecule has 1 saturated heterocycles. The van der Waals surface area contributed by atoms with Crippen molar-refractivity contribution in [3.8, 4) is 0 Å². The Morgan fingerprint density at radius 3 is 2.70 bits per heavy atom. The Labute approximate surface area is 131 Å². The molecular formula is C17H25BrN2. The van der Waals surface area contributed by atoms with Crippen LogP contribution in [0.1, 0.15) is 32.3 Å². The molecule has 1 aliphatic heterocycles. The van der Waals surface area contributed by atoms with Crippen molar-refractivity contribution >= 4 is 15.9 Å². The van der Waals surface area contributed by atoms with Gasteiger partial charge in [-0.1, -0.05) is 48.0 Å². The highest BCUT2D eigenvalue weighted by Gasteiger charge is 2.37. The van der Waals surface area contributed by atoms with E-state index in [1.807, 2.05) is 0 Å². The van der Waals surface area contributed by atoms with Crippen molar-refractivity contribution in [3.63, 3.8) is 0 Å². The summed E-state index contributed by atoms with van der Waals surface area (Å²) < 4.78 is 1.24. The summed E-state index contributed by atoms with van der Waals surface area (Å²) in [6.45, 7) is 8.10. The maximum atomic E-state index is 3.79. The van der Waals surface area contributed by atoms with Gasteiger partial charge >= 0.3 is 0 Å². The van der Waals surface area contributed by atoms with Crippen molar-refractivity contribution in [1.82, 2.24) is 10.2 Å². The highest BCUT2D eigenvalue weighted by Crippen LogP contribution is 2.35. The Hall–Kier alpha value is -0.380. The molecule has 1 aromatic rings. The standard InChI is InChI=1S/C17H25BrN2/c1-12(2)17-9-19-16(13-7-8-13)11-20(17)10-14-5-3-4-6-15(14)18/h3-6,12-13,16-17,19H,7-11H2,1-2H3. The van der Waals surface area contributed by atoms with Crippen molar-refractivity contribution in [2.75, 3.05) is 13.1 Å². The van der Waals surface area contributed by atoms with Gasteiger partial charge in [0.1, 0.15) is 0 Å². The zero-order chi connectivity index (χ0) is 14.1. The summed E-state index contributed by atoms with van der Waals surface area (Å²) in [6.07, 6.45) is 2.85. The second kappa shape index (κ2) is 6.17. The van der Waals surface area contributed by atoms with Gasteiger partial charge in [-0.25, -0.2) is 0 Å². The minimum Gasteiger partial charge on any atom is -0.311 e. The normalized spacial score (nSPS) is 28.0. The lowest BCUT2D eigenvalue weighted by molar-refractivity contribution is 0.0850. The Morgan fingerprint density at radius 1 is 1.30 bits per heavy atom. The topological polar surface area (TPSA) is 15.3 Å². The summed E-state index contributed by atoms with van der Waals surface area (Å²) in [6, 6.07) is 10.0. The van der Waals surface area contributed by atoms with Gasteiger partial charge in [0, 0.05) is 36.2 Å². The molecule has 2 nitrogen and oxygen atoms in total. The average Bonchev–Trinajstić information content (AvgIpc) is 3.25. The first-order valence-electron chi connectivity index (χ1n) is 7.86. The highest BCUT2D eigenvalue weighted by atomic mass is 79.9. The van der Waals surface area contributed by atoms with E-state index in [-0.39, 0.29) is 0 Å². The van der Waals surface area contributed by atoms with E-state index in [9.17, 15) is 0 Å². The van der Waals surface area contributed by atoms with Crippen LogP contribution in [0.2, 0.25) is 0 Å². The van der Waals surface area contributed by atoms with E-state index in [1.54, 1.807) is 0 Å². The van der Waals surface area contributed by atoms with Crippen LogP contribution in [0.15, 0.2) is 28.7 Å². The van der Waals surface area contributed by atoms with Crippen molar-refractivity contribution in [1.29, 1.82) is 0 Å². The van der Waals surface area contributed by atoms with Gasteiger partial charge in [0.25, 0.3) is 0 Å². The molecule has 3 heteroatoms. The second-order valence-electron chi connectivity index (χ2n) is 6.68. The third kappa shape index (κ3) is 3.26. The molecule has 2 unspecified atom stereocenters. The Morgan fingerprint density at radius 2 is 2.05 bits per heavy atom. The summed E-state index contributed by atoms with van der Waals surface area (Å²) >= 11 is 3.69. The molecule has 0 radical (unpaired) electrons. The van der Waals surface area contributed by atoms with Gasteiger partial charge in [-0.15, -0.1) is 0 Å². The van der Waals surface area contributed by atoms with Crippen LogP contribution in [0.3, 0.4) is 0 Å². The van der Waals surface area contributed by atoms with Crippen LogP contribution in [0, 0.1) is 11.8 Å². The van der Waals surface area contributed by atoms with Crippen molar-refractivity contribution < 1.29 is 0 Å². The molecule has 2 atom stereocenters. The molecule has 0 spiro atoms. The molecule has 1 saturated carbocycles. The number of hydrogen-bond acceptors (Lipinski definition) is 2. The lowest BCUT2D eigenvalue weighted by Crippen LogP contribution is -2.58. The lowest BCUT2D eigenvalue weighted by Gasteiger charge is -2.43. The zero-order valence-electron chi connectivity index (χ0n) is 12.5. The number of hydrogen-bond donors (Lipinski definition) is 1. The van der Waals surface area contributed by atoms with Crippen LogP contribution >= 0.6 is 15.9 Å². The molecule has 1 aromatic carbocycles. The number of rotatable bonds is 4. The second-order valence-corrected chi connectivity index (χ2v) is 7.54. The molecule has 110 valence electrons. The van der Waals surface area contributed by atoms with Gasteiger partial charge in [0.2, 0.25) is 0 Å². The third-order valence-electron chi connectivity index (χ3n) is 4.78. The molecule has 1 aliphatic carbocycles. The summed E-state index contributed by atoms with van der Waals surface area (Å²) in [4.78, 5) is 2.70. The van der Waals surface area contributed by atoms with E-state index < -0.39 is 0 Å². The average molecular weight is 337 g/mol. The Bertz CT molecular complexity index is 456. The largest absolute Gasteiger partial charge is 0.311 e. The predicted molar refractivity (Wildman–Crippen MR) is 87.7 cm³/mol. The monoisotopic (exact) mass is 336 g/mol. The van der Waals surface area contributed by atoms with Crippen LogP contribution < -0.4 is 5.32 Å². The van der Waals surface area contributed by atoms with Crippen LogP contribution in [-0.2, 0) is 6.54 Å². The lowest BCUT2D eigenvalue weighted by atomic mass is 9.96. The van der Waals surface area contributed by atoms with Gasteiger partial charge in [0.15, 0.2) is 0 Å². The first-order valence-corrected chi connectivity index (χ1v) is 8.65. The van der Waals surface area contributed by atoms with E-state index in [0.29, 0.717) is 18.0 Å². The first-order chi connectivity index (χ1) is 9.65. The van der Waals surface area contributed by atoms with Crippen molar-refractivity contribution in [3.05, 3.63) is 34.3 Å². The number of nitrogens with one attached hydrogen (secondary N) is 1. The SMILES string of the molecule is CC(C)C1CNC(C2CC2)CN1Cc1ccccc1Br. The number of nitrogens with zero attached hydrogens (tertiary/aromatic N) is 1. The third-order valence-corrected chi connectivity index (χ3v) is 5.55. The number of piperazine rings is 1. The molecule has 0 aromatic heterocycles. The Balaban J connectivity index is 1.73. The molecule has 3 rings (SSSR count). The van der Waals surface area contributed by atoms with Gasteiger partial charge < -0.3 is 5.32 Å². The fourth-order valence-corrected chi connectivity index (χ4v) is 3.76. The summed E-state index contributed by atoms with van der Waals surface area (Å²) in [5.74, 6) is 1.63. The maximum absolute atomic E-state index is 3.79. The summed E-state index contributed by atoms with van der Waals surface area (Å²) in [5.41, 5.74) is 1.41.